The fourth-order valence-electron chi connectivity index (χ4n) is 4.95. The van der Waals surface area contributed by atoms with Crippen molar-refractivity contribution < 1.29 is 18.8 Å². The Kier molecular flexibility index (Phi) is 7.39. The summed E-state index contributed by atoms with van der Waals surface area (Å²) in [5, 5.41) is 0. The Bertz CT molecular complexity index is 942. The van der Waals surface area contributed by atoms with Crippen LogP contribution in [0.3, 0.4) is 0 Å². The van der Waals surface area contributed by atoms with E-state index in [0.29, 0.717) is 6.61 Å². The monoisotopic (exact) mass is 463 g/mol. The molecule has 2 heterocycles. The Morgan fingerprint density at radius 3 is 2.26 bits per heavy atom. The molecule has 5 nitrogen and oxygen atoms in total. The number of carbonyl (C=O) groups is 1. The lowest BCUT2D eigenvalue weighted by Gasteiger charge is -2.41. The number of amides is 1. The number of ether oxygens (including phenoxy) is 1. The molecule has 0 N–H and O–H groups in total. The number of carbonyl (C=O) groups excluding carboxylic acids is 1. The van der Waals surface area contributed by atoms with E-state index in [1.807, 2.05) is 35.2 Å². The maximum atomic E-state index is 13.3. The van der Waals surface area contributed by atoms with Crippen molar-refractivity contribution in [3.05, 3.63) is 65.7 Å². The van der Waals surface area contributed by atoms with E-state index in [-0.39, 0.29) is 36.5 Å². The van der Waals surface area contributed by atoms with Gasteiger partial charge in [0.05, 0.1) is 17.2 Å². The molecule has 2 atom stereocenters. The molecule has 2 aromatic carbocycles. The van der Waals surface area contributed by atoms with E-state index in [1.54, 1.807) is 0 Å². The number of hydrogen-bond donors (Lipinski definition) is 0. The first-order valence-electron chi connectivity index (χ1n) is 12.7. The Labute approximate surface area is 204 Å². The SMILES string of the molecule is CCC[C@@H]1CCC[C@@H](c2ccc(B3OC(C)(C)C(C)(C)O3)cc2)N1C(=O)OCc1ccccc1. The predicted octanol–water partition coefficient (Wildman–Crippen LogP) is 6.02. The Hall–Kier alpha value is -2.31. The number of rotatable bonds is 6. The molecule has 0 unspecified atom stereocenters. The van der Waals surface area contributed by atoms with E-state index in [9.17, 15) is 4.79 Å². The van der Waals surface area contributed by atoms with Gasteiger partial charge in [-0.25, -0.2) is 4.79 Å². The van der Waals surface area contributed by atoms with Gasteiger partial charge in [0, 0.05) is 6.04 Å². The summed E-state index contributed by atoms with van der Waals surface area (Å²) in [7, 11) is -0.384. The molecule has 182 valence electrons. The van der Waals surface area contributed by atoms with Crippen LogP contribution in [0.5, 0.6) is 0 Å². The third kappa shape index (κ3) is 5.18. The summed E-state index contributed by atoms with van der Waals surface area (Å²) in [6, 6.07) is 18.5. The summed E-state index contributed by atoms with van der Waals surface area (Å²) in [6.07, 6.45) is 4.88. The molecule has 4 rings (SSSR count). The van der Waals surface area contributed by atoms with Gasteiger partial charge < -0.3 is 14.0 Å². The van der Waals surface area contributed by atoms with Crippen LogP contribution in [0.2, 0.25) is 0 Å². The molecular formula is C28H38BNO4. The molecule has 0 aliphatic carbocycles. The molecule has 2 aliphatic heterocycles. The Morgan fingerprint density at radius 1 is 1.00 bits per heavy atom. The van der Waals surface area contributed by atoms with Gasteiger partial charge in [-0.2, -0.15) is 0 Å². The van der Waals surface area contributed by atoms with Gasteiger partial charge in [0.1, 0.15) is 6.61 Å². The standard InChI is InChI=1S/C28H38BNO4/c1-6-11-24-14-10-15-25(30(24)26(31)32-20-21-12-8-7-9-13-21)22-16-18-23(19-17-22)29-33-27(2,3)28(4,5)34-29/h7-9,12-13,16-19,24-25H,6,10-11,14-15,20H2,1-5H3/t24-,25+/m1/s1. The van der Waals surface area contributed by atoms with Crippen LogP contribution in [0.25, 0.3) is 0 Å². The van der Waals surface area contributed by atoms with Crippen molar-refractivity contribution in [3.63, 3.8) is 0 Å². The third-order valence-electron chi connectivity index (χ3n) is 7.63. The molecule has 34 heavy (non-hydrogen) atoms. The molecule has 1 amide bonds. The minimum absolute atomic E-state index is 0.0147. The van der Waals surface area contributed by atoms with Gasteiger partial charge in [0.25, 0.3) is 0 Å². The van der Waals surface area contributed by atoms with Crippen LogP contribution < -0.4 is 5.46 Å². The molecule has 6 heteroatoms. The van der Waals surface area contributed by atoms with Gasteiger partial charge in [0.2, 0.25) is 0 Å². The highest BCUT2D eigenvalue weighted by molar-refractivity contribution is 6.62. The molecule has 2 aromatic rings. The van der Waals surface area contributed by atoms with Crippen molar-refractivity contribution in [2.24, 2.45) is 0 Å². The van der Waals surface area contributed by atoms with E-state index >= 15 is 0 Å². The van der Waals surface area contributed by atoms with Crippen LogP contribution in [-0.4, -0.2) is 35.4 Å². The predicted molar refractivity (Wildman–Crippen MR) is 136 cm³/mol. The van der Waals surface area contributed by atoms with E-state index in [1.165, 1.54) is 0 Å². The van der Waals surface area contributed by atoms with Crippen LogP contribution in [0, 0.1) is 0 Å². The normalized spacial score (nSPS) is 23.7. The maximum Gasteiger partial charge on any atom is 0.494 e. The Morgan fingerprint density at radius 2 is 1.65 bits per heavy atom. The maximum absolute atomic E-state index is 13.3. The zero-order valence-electron chi connectivity index (χ0n) is 21.3. The molecular weight excluding hydrogens is 425 g/mol. The van der Waals surface area contributed by atoms with Crippen molar-refractivity contribution in [1.82, 2.24) is 4.90 Å². The van der Waals surface area contributed by atoms with Crippen molar-refractivity contribution in [3.8, 4) is 0 Å². The molecule has 0 spiro atoms. The topological polar surface area (TPSA) is 48.0 Å². The fourth-order valence-corrected chi connectivity index (χ4v) is 4.95. The van der Waals surface area contributed by atoms with Crippen molar-refractivity contribution in [2.45, 2.75) is 96.6 Å². The second-order valence-electron chi connectivity index (χ2n) is 10.6. The number of benzene rings is 2. The second-order valence-corrected chi connectivity index (χ2v) is 10.6. The molecule has 2 aliphatic rings. The lowest BCUT2D eigenvalue weighted by molar-refractivity contribution is 0.00578. The lowest BCUT2D eigenvalue weighted by atomic mass is 9.78. The van der Waals surface area contributed by atoms with Crippen LogP contribution >= 0.6 is 0 Å². The van der Waals surface area contributed by atoms with E-state index < -0.39 is 0 Å². The van der Waals surface area contributed by atoms with Crippen molar-refractivity contribution in [1.29, 1.82) is 0 Å². The summed E-state index contributed by atoms with van der Waals surface area (Å²) in [4.78, 5) is 15.3. The number of piperidine rings is 1. The molecule has 0 saturated carbocycles. The summed E-state index contributed by atoms with van der Waals surface area (Å²) in [5.41, 5.74) is 2.40. The minimum Gasteiger partial charge on any atom is -0.445 e. The number of nitrogens with zero attached hydrogens (tertiary/aromatic N) is 1. The first kappa shape index (κ1) is 24.8. The molecule has 2 fully saturated rings. The van der Waals surface area contributed by atoms with Crippen LogP contribution in [0.4, 0.5) is 4.79 Å². The van der Waals surface area contributed by atoms with Gasteiger partial charge in [-0.15, -0.1) is 0 Å². The first-order valence-corrected chi connectivity index (χ1v) is 12.7. The summed E-state index contributed by atoms with van der Waals surface area (Å²) >= 11 is 0. The van der Waals surface area contributed by atoms with Crippen LogP contribution in [-0.2, 0) is 20.7 Å². The van der Waals surface area contributed by atoms with Crippen molar-refractivity contribution in [2.75, 3.05) is 0 Å². The van der Waals surface area contributed by atoms with E-state index in [2.05, 4.69) is 58.9 Å². The highest BCUT2D eigenvalue weighted by Gasteiger charge is 2.51. The zero-order valence-corrected chi connectivity index (χ0v) is 21.3. The average Bonchev–Trinajstić information content (AvgIpc) is 3.05. The molecule has 0 radical (unpaired) electrons. The lowest BCUT2D eigenvalue weighted by Crippen LogP contribution is -2.46. The van der Waals surface area contributed by atoms with Gasteiger partial charge in [0.15, 0.2) is 0 Å². The molecule has 0 bridgehead atoms. The summed E-state index contributed by atoms with van der Waals surface area (Å²) in [5.74, 6) is 0. The smallest absolute Gasteiger partial charge is 0.445 e. The summed E-state index contributed by atoms with van der Waals surface area (Å²) < 4.78 is 18.2. The van der Waals surface area contributed by atoms with E-state index in [0.717, 1.165) is 48.7 Å². The minimum atomic E-state index is -0.384. The third-order valence-corrected chi connectivity index (χ3v) is 7.63. The van der Waals surface area contributed by atoms with Gasteiger partial charge >= 0.3 is 13.2 Å². The van der Waals surface area contributed by atoms with Crippen LogP contribution in [0.15, 0.2) is 54.6 Å². The fraction of sp³-hybridized carbons (Fsp3) is 0.536. The Balaban J connectivity index is 1.51. The van der Waals surface area contributed by atoms with Gasteiger partial charge in [-0.1, -0.05) is 67.9 Å². The number of likely N-dealkylation sites (tertiary alicyclic amines) is 1. The second kappa shape index (κ2) is 10.1. The van der Waals surface area contributed by atoms with E-state index in [4.69, 9.17) is 14.0 Å². The zero-order chi connectivity index (χ0) is 24.3. The number of hydrogen-bond acceptors (Lipinski definition) is 4. The van der Waals surface area contributed by atoms with Gasteiger partial charge in [-0.3, -0.25) is 4.90 Å². The first-order chi connectivity index (χ1) is 16.2. The quantitative estimate of drug-likeness (QED) is 0.492. The summed E-state index contributed by atoms with van der Waals surface area (Å²) in [6.45, 7) is 10.7. The average molecular weight is 463 g/mol. The molecule has 2 saturated heterocycles. The van der Waals surface area contributed by atoms with Crippen LogP contribution in [0.1, 0.15) is 83.9 Å². The highest BCUT2D eigenvalue weighted by Crippen LogP contribution is 2.38. The molecule has 0 aromatic heterocycles. The largest absolute Gasteiger partial charge is 0.494 e. The highest BCUT2D eigenvalue weighted by atomic mass is 16.7. The van der Waals surface area contributed by atoms with Gasteiger partial charge in [-0.05, 0) is 70.0 Å². The van der Waals surface area contributed by atoms with Crippen molar-refractivity contribution >= 4 is 18.7 Å².